The van der Waals surface area contributed by atoms with E-state index in [-0.39, 0.29) is 12.6 Å². The van der Waals surface area contributed by atoms with E-state index in [0.29, 0.717) is 0 Å². The van der Waals surface area contributed by atoms with Crippen molar-refractivity contribution >= 4 is 15.9 Å². The van der Waals surface area contributed by atoms with Crippen LogP contribution < -0.4 is 0 Å². The molecule has 0 aliphatic carbocycles. The highest BCUT2D eigenvalue weighted by atomic mass is 79.9. The summed E-state index contributed by atoms with van der Waals surface area (Å²) in [6.45, 7) is 1.66. The van der Waals surface area contributed by atoms with Gasteiger partial charge in [0.25, 0.3) is 0 Å². The Morgan fingerprint density at radius 3 is 1.64 bits per heavy atom. The third-order valence-electron chi connectivity index (χ3n) is 4.33. The zero-order chi connectivity index (χ0) is 17.5. The molecule has 2 nitrogen and oxygen atoms in total. The standard InChI is InChI=1S/C22H22BrNO/c23-21-13-11-20(12-14-21)22(17-25)24(15-18-7-3-1-4-8-18)16-19-9-5-2-6-10-19/h1-14,22,25H,15-17H2/t22-/m1/s1. The highest BCUT2D eigenvalue weighted by Gasteiger charge is 2.20. The highest BCUT2D eigenvalue weighted by Crippen LogP contribution is 2.26. The van der Waals surface area contributed by atoms with Crippen LogP contribution in [-0.2, 0) is 13.1 Å². The van der Waals surface area contributed by atoms with Gasteiger partial charge in [0.05, 0.1) is 12.6 Å². The molecule has 25 heavy (non-hydrogen) atoms. The number of nitrogens with zero attached hydrogens (tertiary/aromatic N) is 1. The third-order valence-corrected chi connectivity index (χ3v) is 4.85. The first-order valence-corrected chi connectivity index (χ1v) is 9.24. The van der Waals surface area contributed by atoms with Gasteiger partial charge in [-0.05, 0) is 28.8 Å². The molecule has 0 bridgehead atoms. The van der Waals surface area contributed by atoms with Gasteiger partial charge in [-0.3, -0.25) is 4.90 Å². The molecule has 0 aromatic heterocycles. The largest absolute Gasteiger partial charge is 0.394 e. The Bertz CT molecular complexity index is 718. The molecule has 0 unspecified atom stereocenters. The molecule has 0 aliphatic heterocycles. The topological polar surface area (TPSA) is 23.5 Å². The van der Waals surface area contributed by atoms with Crippen molar-refractivity contribution in [1.29, 1.82) is 0 Å². The zero-order valence-corrected chi connectivity index (χ0v) is 15.6. The van der Waals surface area contributed by atoms with Gasteiger partial charge in [-0.1, -0.05) is 88.7 Å². The van der Waals surface area contributed by atoms with Gasteiger partial charge in [0.2, 0.25) is 0 Å². The first-order valence-electron chi connectivity index (χ1n) is 8.44. The van der Waals surface area contributed by atoms with E-state index in [9.17, 15) is 5.11 Å². The zero-order valence-electron chi connectivity index (χ0n) is 14.1. The monoisotopic (exact) mass is 395 g/mol. The first-order chi connectivity index (χ1) is 12.3. The number of hydrogen-bond acceptors (Lipinski definition) is 2. The van der Waals surface area contributed by atoms with E-state index in [4.69, 9.17) is 0 Å². The number of rotatable bonds is 7. The predicted molar refractivity (Wildman–Crippen MR) is 106 cm³/mol. The van der Waals surface area contributed by atoms with Crippen LogP contribution in [0.15, 0.2) is 89.4 Å². The molecule has 0 saturated heterocycles. The lowest BCUT2D eigenvalue weighted by Gasteiger charge is -2.31. The molecule has 3 heteroatoms. The van der Waals surface area contributed by atoms with E-state index in [0.717, 1.165) is 23.1 Å². The fourth-order valence-corrected chi connectivity index (χ4v) is 3.29. The van der Waals surface area contributed by atoms with Crippen LogP contribution in [0.4, 0.5) is 0 Å². The molecule has 0 amide bonds. The fraction of sp³-hybridized carbons (Fsp3) is 0.182. The van der Waals surface area contributed by atoms with Crippen molar-refractivity contribution in [3.8, 4) is 0 Å². The Morgan fingerprint density at radius 2 is 1.20 bits per heavy atom. The second-order valence-electron chi connectivity index (χ2n) is 6.13. The minimum atomic E-state index is -0.0477. The molecule has 128 valence electrons. The predicted octanol–water partition coefficient (Wildman–Crippen LogP) is 5.18. The van der Waals surface area contributed by atoms with E-state index >= 15 is 0 Å². The van der Waals surface area contributed by atoms with Crippen LogP contribution in [0.2, 0.25) is 0 Å². The molecule has 3 rings (SSSR count). The van der Waals surface area contributed by atoms with Crippen molar-refractivity contribution in [2.75, 3.05) is 6.61 Å². The lowest BCUT2D eigenvalue weighted by atomic mass is 10.0. The fourth-order valence-electron chi connectivity index (χ4n) is 3.03. The van der Waals surface area contributed by atoms with Crippen molar-refractivity contribution in [2.45, 2.75) is 19.1 Å². The van der Waals surface area contributed by atoms with E-state index in [2.05, 4.69) is 81.5 Å². The summed E-state index contributed by atoms with van der Waals surface area (Å²) in [7, 11) is 0. The van der Waals surface area contributed by atoms with Crippen LogP contribution in [-0.4, -0.2) is 16.6 Å². The summed E-state index contributed by atoms with van der Waals surface area (Å²) in [4.78, 5) is 2.33. The van der Waals surface area contributed by atoms with Crippen molar-refractivity contribution in [3.05, 3.63) is 106 Å². The SMILES string of the molecule is OC[C@H](c1ccc(Br)cc1)N(Cc1ccccc1)Cc1ccccc1. The molecular formula is C22H22BrNO. The Kier molecular flexibility index (Phi) is 6.40. The summed E-state index contributed by atoms with van der Waals surface area (Å²) < 4.78 is 1.05. The van der Waals surface area contributed by atoms with Gasteiger partial charge < -0.3 is 5.11 Å². The van der Waals surface area contributed by atoms with Crippen LogP contribution in [0.25, 0.3) is 0 Å². The van der Waals surface area contributed by atoms with Crippen molar-refractivity contribution in [1.82, 2.24) is 4.90 Å². The first kappa shape index (κ1) is 17.9. The van der Waals surface area contributed by atoms with E-state index in [1.165, 1.54) is 11.1 Å². The third kappa shape index (κ3) is 5.02. The maximum absolute atomic E-state index is 10.1. The Hall–Kier alpha value is -1.94. The number of aliphatic hydroxyl groups is 1. The molecule has 0 spiro atoms. The summed E-state index contributed by atoms with van der Waals surface area (Å²) in [5.41, 5.74) is 3.61. The summed E-state index contributed by atoms with van der Waals surface area (Å²) in [6, 6.07) is 29.0. The van der Waals surface area contributed by atoms with Crippen molar-refractivity contribution < 1.29 is 5.11 Å². The smallest absolute Gasteiger partial charge is 0.0628 e. The molecule has 1 N–H and O–H groups in total. The Labute approximate surface area is 157 Å². The van der Waals surface area contributed by atoms with Gasteiger partial charge in [0.15, 0.2) is 0 Å². The van der Waals surface area contributed by atoms with Gasteiger partial charge in [-0.2, -0.15) is 0 Å². The van der Waals surface area contributed by atoms with Crippen LogP contribution in [0.1, 0.15) is 22.7 Å². The number of benzene rings is 3. The Morgan fingerprint density at radius 1 is 0.720 bits per heavy atom. The summed E-state index contributed by atoms with van der Waals surface area (Å²) in [5, 5.41) is 10.1. The molecule has 3 aromatic rings. The second-order valence-corrected chi connectivity index (χ2v) is 7.04. The van der Waals surface area contributed by atoms with E-state index in [1.807, 2.05) is 24.3 Å². The van der Waals surface area contributed by atoms with E-state index < -0.39 is 0 Å². The maximum atomic E-state index is 10.1. The molecule has 1 atom stereocenters. The summed E-state index contributed by atoms with van der Waals surface area (Å²) in [5.74, 6) is 0. The minimum Gasteiger partial charge on any atom is -0.394 e. The van der Waals surface area contributed by atoms with Gasteiger partial charge >= 0.3 is 0 Å². The Balaban J connectivity index is 1.89. The number of halogens is 1. The summed E-state index contributed by atoms with van der Waals surface area (Å²) >= 11 is 3.48. The summed E-state index contributed by atoms with van der Waals surface area (Å²) in [6.07, 6.45) is 0. The van der Waals surface area contributed by atoms with Gasteiger partial charge in [0.1, 0.15) is 0 Å². The van der Waals surface area contributed by atoms with Gasteiger partial charge in [-0.25, -0.2) is 0 Å². The van der Waals surface area contributed by atoms with Gasteiger partial charge in [-0.15, -0.1) is 0 Å². The maximum Gasteiger partial charge on any atom is 0.0628 e. The van der Waals surface area contributed by atoms with Crippen LogP contribution >= 0.6 is 15.9 Å². The van der Waals surface area contributed by atoms with E-state index in [1.54, 1.807) is 0 Å². The van der Waals surface area contributed by atoms with Crippen LogP contribution in [0.5, 0.6) is 0 Å². The lowest BCUT2D eigenvalue weighted by molar-refractivity contribution is 0.110. The minimum absolute atomic E-state index is 0.0477. The quantitative estimate of drug-likeness (QED) is 0.595. The molecule has 0 aliphatic rings. The molecule has 0 fully saturated rings. The van der Waals surface area contributed by atoms with Crippen molar-refractivity contribution in [2.24, 2.45) is 0 Å². The molecular weight excluding hydrogens is 374 g/mol. The van der Waals surface area contributed by atoms with Gasteiger partial charge in [0, 0.05) is 17.6 Å². The molecule has 0 radical (unpaired) electrons. The normalized spacial score (nSPS) is 12.3. The molecule has 0 saturated carbocycles. The van der Waals surface area contributed by atoms with Crippen molar-refractivity contribution in [3.63, 3.8) is 0 Å². The number of aliphatic hydroxyl groups excluding tert-OH is 1. The van der Waals surface area contributed by atoms with Crippen LogP contribution in [0.3, 0.4) is 0 Å². The average molecular weight is 396 g/mol. The average Bonchev–Trinajstić information content (AvgIpc) is 2.65. The lowest BCUT2D eigenvalue weighted by Crippen LogP contribution is -2.30. The van der Waals surface area contributed by atoms with Crippen LogP contribution in [0, 0.1) is 0 Å². The molecule has 0 heterocycles. The highest BCUT2D eigenvalue weighted by molar-refractivity contribution is 9.10. The number of hydrogen-bond donors (Lipinski definition) is 1. The molecule has 3 aromatic carbocycles. The second kappa shape index (κ2) is 8.95.